The molecule has 0 atom stereocenters. The third-order valence-corrected chi connectivity index (χ3v) is 4.19. The highest BCUT2D eigenvalue weighted by molar-refractivity contribution is 6.07. The van der Waals surface area contributed by atoms with Crippen molar-refractivity contribution in [3.63, 3.8) is 0 Å². The van der Waals surface area contributed by atoms with Crippen molar-refractivity contribution in [1.29, 1.82) is 5.41 Å². The van der Waals surface area contributed by atoms with Crippen molar-refractivity contribution < 1.29 is 27.4 Å². The Balaban J connectivity index is 1.74. The summed E-state index contributed by atoms with van der Waals surface area (Å²) >= 11 is 0. The van der Waals surface area contributed by atoms with Crippen LogP contribution < -0.4 is 10.1 Å². The van der Waals surface area contributed by atoms with Gasteiger partial charge < -0.3 is 14.8 Å². The van der Waals surface area contributed by atoms with E-state index in [1.165, 1.54) is 12.3 Å². The fraction of sp³-hybridized carbons (Fsp3) is 0.562. The van der Waals surface area contributed by atoms with Gasteiger partial charge in [-0.05, 0) is 25.7 Å². The number of amides is 1. The van der Waals surface area contributed by atoms with Crippen LogP contribution in [0.15, 0.2) is 12.3 Å². The van der Waals surface area contributed by atoms with E-state index in [2.05, 4.69) is 10.3 Å². The van der Waals surface area contributed by atoms with Gasteiger partial charge in [-0.15, -0.1) is 0 Å². The minimum Gasteiger partial charge on any atom is -0.484 e. The number of nitrogens with zero attached hydrogens (tertiary/aromatic N) is 1. The molecule has 1 amide bonds. The predicted molar refractivity (Wildman–Crippen MR) is 81.7 cm³/mol. The molecule has 1 aliphatic carbocycles. The van der Waals surface area contributed by atoms with E-state index in [1.807, 2.05) is 0 Å². The average Bonchev–Trinajstić information content (AvgIpc) is 3.34. The molecular weight excluding hydrogens is 339 g/mol. The third-order valence-electron chi connectivity index (χ3n) is 4.19. The standard InChI is InChI=1S/C16H18F3N3O3/c1-15(6-24-7-15)14(23)22-13(20)11-4-12(25-8-16(17,18)19)10(5-21-11)9-2-3-9/h4-5,9H,2-3,6-8H2,1H3,(H2,20,22,23). The van der Waals surface area contributed by atoms with Crippen LogP contribution in [0.4, 0.5) is 13.2 Å². The molecule has 9 heteroatoms. The summed E-state index contributed by atoms with van der Waals surface area (Å²) in [5, 5.41) is 10.4. The molecular formula is C16H18F3N3O3. The molecule has 2 heterocycles. The number of hydrogen-bond donors (Lipinski definition) is 2. The van der Waals surface area contributed by atoms with Crippen molar-refractivity contribution in [2.45, 2.75) is 31.9 Å². The van der Waals surface area contributed by atoms with Gasteiger partial charge in [0, 0.05) is 17.8 Å². The highest BCUT2D eigenvalue weighted by Crippen LogP contribution is 2.44. The van der Waals surface area contributed by atoms with Gasteiger partial charge in [-0.3, -0.25) is 15.2 Å². The number of hydrogen-bond acceptors (Lipinski definition) is 5. The van der Waals surface area contributed by atoms with E-state index in [4.69, 9.17) is 14.9 Å². The first-order chi connectivity index (χ1) is 11.7. The van der Waals surface area contributed by atoms with Gasteiger partial charge in [0.1, 0.15) is 11.4 Å². The molecule has 1 aliphatic heterocycles. The van der Waals surface area contributed by atoms with Gasteiger partial charge in [-0.1, -0.05) is 0 Å². The number of rotatable bonds is 5. The number of alkyl halides is 3. The van der Waals surface area contributed by atoms with Crippen molar-refractivity contribution in [2.75, 3.05) is 19.8 Å². The number of ether oxygens (including phenoxy) is 2. The topological polar surface area (TPSA) is 84.3 Å². The Morgan fingerprint density at radius 1 is 1.48 bits per heavy atom. The molecule has 2 N–H and O–H groups in total. The lowest BCUT2D eigenvalue weighted by Crippen LogP contribution is -2.53. The van der Waals surface area contributed by atoms with Crippen molar-refractivity contribution in [3.05, 3.63) is 23.5 Å². The summed E-state index contributed by atoms with van der Waals surface area (Å²) in [6.45, 7) is 0.825. The molecule has 0 bridgehead atoms. The number of amidine groups is 1. The number of halogens is 3. The van der Waals surface area contributed by atoms with E-state index in [1.54, 1.807) is 6.92 Å². The van der Waals surface area contributed by atoms with Crippen LogP contribution in [0.2, 0.25) is 0 Å². The highest BCUT2D eigenvalue weighted by Gasteiger charge is 2.41. The van der Waals surface area contributed by atoms with Gasteiger partial charge in [-0.25, -0.2) is 0 Å². The summed E-state index contributed by atoms with van der Waals surface area (Å²) in [5.41, 5.74) is -0.0409. The number of aromatic nitrogens is 1. The lowest BCUT2D eigenvalue weighted by atomic mass is 9.87. The van der Waals surface area contributed by atoms with E-state index >= 15 is 0 Å². The fourth-order valence-electron chi connectivity index (χ4n) is 2.44. The van der Waals surface area contributed by atoms with E-state index < -0.39 is 18.2 Å². The fourth-order valence-corrected chi connectivity index (χ4v) is 2.44. The summed E-state index contributed by atoms with van der Waals surface area (Å²) in [6.07, 6.45) is -1.29. The van der Waals surface area contributed by atoms with Gasteiger partial charge in [-0.2, -0.15) is 13.2 Å². The van der Waals surface area contributed by atoms with Gasteiger partial charge in [0.2, 0.25) is 5.91 Å². The largest absolute Gasteiger partial charge is 0.484 e. The molecule has 3 rings (SSSR count). The summed E-state index contributed by atoms with van der Waals surface area (Å²) in [5.74, 6) is -0.464. The van der Waals surface area contributed by atoms with E-state index in [0.29, 0.717) is 5.56 Å². The zero-order chi connectivity index (χ0) is 18.2. The Morgan fingerprint density at radius 3 is 2.68 bits per heavy atom. The summed E-state index contributed by atoms with van der Waals surface area (Å²) in [4.78, 5) is 16.2. The zero-order valence-corrected chi connectivity index (χ0v) is 13.6. The molecule has 6 nitrogen and oxygen atoms in total. The molecule has 0 radical (unpaired) electrons. The normalized spacial score (nSPS) is 19.0. The van der Waals surface area contributed by atoms with Crippen LogP contribution in [0, 0.1) is 10.8 Å². The van der Waals surface area contributed by atoms with Crippen LogP contribution in [0.1, 0.15) is 36.9 Å². The van der Waals surface area contributed by atoms with E-state index in [0.717, 1.165) is 12.8 Å². The molecule has 1 aromatic heterocycles. The maximum Gasteiger partial charge on any atom is 0.422 e. The molecule has 0 spiro atoms. The maximum atomic E-state index is 12.4. The Bertz CT molecular complexity index is 698. The maximum absolute atomic E-state index is 12.4. The second kappa shape index (κ2) is 6.29. The minimum atomic E-state index is -4.45. The molecule has 2 fully saturated rings. The van der Waals surface area contributed by atoms with Crippen LogP contribution >= 0.6 is 0 Å². The average molecular weight is 357 g/mol. The first-order valence-corrected chi connectivity index (χ1v) is 7.85. The van der Waals surface area contributed by atoms with E-state index in [-0.39, 0.29) is 42.3 Å². The van der Waals surface area contributed by atoms with Gasteiger partial charge >= 0.3 is 6.18 Å². The van der Waals surface area contributed by atoms with Crippen molar-refractivity contribution in [3.8, 4) is 5.75 Å². The zero-order valence-electron chi connectivity index (χ0n) is 13.6. The summed E-state index contributed by atoms with van der Waals surface area (Å²) < 4.78 is 47.2. The molecule has 0 unspecified atom stereocenters. The molecule has 1 aromatic rings. The lowest BCUT2D eigenvalue weighted by Gasteiger charge is -2.36. The van der Waals surface area contributed by atoms with Crippen LogP contribution in [-0.2, 0) is 9.53 Å². The van der Waals surface area contributed by atoms with Crippen LogP contribution in [-0.4, -0.2) is 42.7 Å². The van der Waals surface area contributed by atoms with Crippen molar-refractivity contribution >= 4 is 11.7 Å². The van der Waals surface area contributed by atoms with E-state index in [9.17, 15) is 18.0 Å². The summed E-state index contributed by atoms with van der Waals surface area (Å²) in [6, 6.07) is 1.28. The van der Waals surface area contributed by atoms with Crippen LogP contribution in [0.25, 0.3) is 0 Å². The molecule has 2 aliphatic rings. The lowest BCUT2D eigenvalue weighted by molar-refractivity contribution is -0.156. The van der Waals surface area contributed by atoms with Gasteiger partial charge in [0.25, 0.3) is 0 Å². The number of carbonyl (C=O) groups excluding carboxylic acids is 1. The molecule has 1 saturated heterocycles. The van der Waals surface area contributed by atoms with Crippen LogP contribution in [0.5, 0.6) is 5.75 Å². The minimum absolute atomic E-state index is 0.0544. The van der Waals surface area contributed by atoms with Crippen molar-refractivity contribution in [2.24, 2.45) is 5.41 Å². The second-order valence-electron chi connectivity index (χ2n) is 6.67. The predicted octanol–water partition coefficient (Wildman–Crippen LogP) is 2.38. The summed E-state index contributed by atoms with van der Waals surface area (Å²) in [7, 11) is 0. The Morgan fingerprint density at radius 2 is 2.16 bits per heavy atom. The van der Waals surface area contributed by atoms with Crippen LogP contribution in [0.3, 0.4) is 0 Å². The molecule has 25 heavy (non-hydrogen) atoms. The molecule has 1 saturated carbocycles. The Hall–Kier alpha value is -2.16. The molecule has 136 valence electrons. The highest BCUT2D eigenvalue weighted by atomic mass is 19.4. The Kier molecular flexibility index (Phi) is 4.44. The number of carbonyl (C=O) groups is 1. The first kappa shape index (κ1) is 17.7. The smallest absolute Gasteiger partial charge is 0.422 e. The quantitative estimate of drug-likeness (QED) is 0.626. The Labute approximate surface area is 142 Å². The second-order valence-corrected chi connectivity index (χ2v) is 6.67. The first-order valence-electron chi connectivity index (χ1n) is 7.85. The number of nitrogens with one attached hydrogen (secondary N) is 2. The molecule has 0 aromatic carbocycles. The third kappa shape index (κ3) is 4.09. The van der Waals surface area contributed by atoms with Crippen molar-refractivity contribution in [1.82, 2.24) is 10.3 Å². The number of pyridine rings is 1. The van der Waals surface area contributed by atoms with Gasteiger partial charge in [0.15, 0.2) is 12.4 Å². The van der Waals surface area contributed by atoms with Gasteiger partial charge in [0.05, 0.1) is 18.6 Å². The monoisotopic (exact) mass is 357 g/mol. The SMILES string of the molecule is CC1(C(=O)NC(=N)c2cc(OCC(F)(F)F)c(C3CC3)cn2)COC1.